The van der Waals surface area contributed by atoms with E-state index in [1.807, 2.05) is 4.90 Å². The van der Waals surface area contributed by atoms with Gasteiger partial charge in [0.05, 0.1) is 0 Å². The first kappa shape index (κ1) is 16.7. The Bertz CT molecular complexity index is 669. The summed E-state index contributed by atoms with van der Waals surface area (Å²) < 4.78 is 5.36. The molecule has 25 heavy (non-hydrogen) atoms. The van der Waals surface area contributed by atoms with Gasteiger partial charge in [-0.15, -0.1) is 0 Å². The molecular weight excluding hydrogens is 320 g/mol. The maximum absolute atomic E-state index is 13.1. The van der Waals surface area contributed by atoms with Crippen LogP contribution in [0.15, 0.2) is 11.0 Å². The smallest absolute Gasteiger partial charge is 0.263 e. The zero-order chi connectivity index (χ0) is 17.2. The van der Waals surface area contributed by atoms with Crippen LogP contribution in [0.4, 0.5) is 0 Å². The molecule has 2 bridgehead atoms. The van der Waals surface area contributed by atoms with Crippen LogP contribution in [0.25, 0.3) is 0 Å². The van der Waals surface area contributed by atoms with Crippen LogP contribution in [0.2, 0.25) is 0 Å². The number of nitrogens with one attached hydrogen (secondary N) is 2. The monoisotopic (exact) mass is 346 g/mol. The van der Waals surface area contributed by atoms with E-state index in [1.54, 1.807) is 0 Å². The molecule has 1 aromatic rings. The fourth-order valence-corrected chi connectivity index (χ4v) is 4.40. The molecule has 3 aliphatic heterocycles. The number of amides is 1. The third-order valence-electron chi connectivity index (χ3n) is 5.79. The molecule has 0 aliphatic carbocycles. The zero-order valence-electron chi connectivity index (χ0n) is 14.5. The highest BCUT2D eigenvalue weighted by Crippen LogP contribution is 2.28. The summed E-state index contributed by atoms with van der Waals surface area (Å²) in [7, 11) is 0. The van der Waals surface area contributed by atoms with Gasteiger partial charge in [-0.2, -0.15) is 0 Å². The minimum atomic E-state index is -0.309. The number of H-pyrrole nitrogens is 1. The average molecular weight is 346 g/mol. The minimum absolute atomic E-state index is 0.161. The first-order valence-electron chi connectivity index (χ1n) is 9.44. The Balaban J connectivity index is 1.58. The maximum atomic E-state index is 13.1. The molecule has 3 aliphatic rings. The summed E-state index contributed by atoms with van der Waals surface area (Å²) in [5.41, 5.74) is -0.133. The lowest BCUT2D eigenvalue weighted by atomic mass is 9.94. The minimum Gasteiger partial charge on any atom is -0.381 e. The van der Waals surface area contributed by atoms with Gasteiger partial charge in [-0.25, -0.2) is 4.98 Å². The molecule has 0 spiro atoms. The molecule has 1 amide bonds. The number of carbonyl (C=O) groups excluding carboxylic acids is 1. The number of rotatable bonds is 2. The molecule has 7 nitrogen and oxygen atoms in total. The van der Waals surface area contributed by atoms with Crippen molar-refractivity contribution in [2.75, 3.05) is 26.3 Å². The first-order valence-corrected chi connectivity index (χ1v) is 9.44. The molecule has 2 atom stereocenters. The molecule has 3 fully saturated rings. The molecule has 4 rings (SSSR count). The highest BCUT2D eigenvalue weighted by Gasteiger charge is 2.37. The lowest BCUT2D eigenvalue weighted by Gasteiger charge is -2.40. The van der Waals surface area contributed by atoms with E-state index in [1.165, 1.54) is 6.20 Å². The van der Waals surface area contributed by atoms with Gasteiger partial charge in [0.25, 0.3) is 11.5 Å². The van der Waals surface area contributed by atoms with Crippen LogP contribution < -0.4 is 10.9 Å². The Hall–Kier alpha value is -1.73. The van der Waals surface area contributed by atoms with Crippen molar-refractivity contribution in [2.24, 2.45) is 0 Å². The van der Waals surface area contributed by atoms with Crippen LogP contribution in [0, 0.1) is 0 Å². The second-order valence-corrected chi connectivity index (χ2v) is 7.34. The van der Waals surface area contributed by atoms with Crippen LogP contribution in [0.1, 0.15) is 60.6 Å². The number of aromatic nitrogens is 2. The number of carbonyl (C=O) groups is 1. The Morgan fingerprint density at radius 1 is 1.16 bits per heavy atom. The molecule has 4 heterocycles. The van der Waals surface area contributed by atoms with Crippen molar-refractivity contribution in [3.63, 3.8) is 0 Å². The van der Waals surface area contributed by atoms with Crippen LogP contribution in [0.3, 0.4) is 0 Å². The van der Waals surface area contributed by atoms with Gasteiger partial charge in [0.2, 0.25) is 0 Å². The molecule has 1 aromatic heterocycles. The van der Waals surface area contributed by atoms with E-state index in [-0.39, 0.29) is 35.0 Å². The summed E-state index contributed by atoms with van der Waals surface area (Å²) in [6, 6.07) is 0.416. The van der Waals surface area contributed by atoms with Gasteiger partial charge in [0.15, 0.2) is 0 Å². The van der Waals surface area contributed by atoms with Crippen molar-refractivity contribution in [3.8, 4) is 0 Å². The largest absolute Gasteiger partial charge is 0.381 e. The summed E-state index contributed by atoms with van der Waals surface area (Å²) >= 11 is 0. The van der Waals surface area contributed by atoms with Crippen molar-refractivity contribution >= 4 is 5.91 Å². The Labute approximate surface area is 147 Å². The number of ether oxygens (including phenoxy) is 1. The quantitative estimate of drug-likeness (QED) is 0.835. The molecule has 2 unspecified atom stereocenters. The molecule has 0 saturated carbocycles. The maximum Gasteiger partial charge on any atom is 0.263 e. The summed E-state index contributed by atoms with van der Waals surface area (Å²) in [5.74, 6) is 0.737. The van der Waals surface area contributed by atoms with Gasteiger partial charge >= 0.3 is 0 Å². The normalized spacial score (nSPS) is 27.8. The SMILES string of the molecule is O=C(c1cnc(C2CCOCC2)[nH]c1=O)N1C2CCCC1CNCC2. The van der Waals surface area contributed by atoms with Crippen molar-refractivity contribution < 1.29 is 9.53 Å². The predicted octanol–water partition coefficient (Wildman–Crippen LogP) is 1.02. The molecule has 3 saturated heterocycles. The Morgan fingerprint density at radius 2 is 1.96 bits per heavy atom. The van der Waals surface area contributed by atoms with Crippen molar-refractivity contribution in [1.82, 2.24) is 20.2 Å². The highest BCUT2D eigenvalue weighted by atomic mass is 16.5. The molecule has 7 heteroatoms. The Morgan fingerprint density at radius 3 is 2.76 bits per heavy atom. The number of fused-ring (bicyclic) bond motifs is 2. The summed E-state index contributed by atoms with van der Waals surface area (Å²) in [6.45, 7) is 3.13. The average Bonchev–Trinajstić information content (AvgIpc) is 2.76. The van der Waals surface area contributed by atoms with Crippen LogP contribution in [-0.4, -0.2) is 59.2 Å². The van der Waals surface area contributed by atoms with Gasteiger partial charge in [-0.1, -0.05) is 0 Å². The first-order chi connectivity index (χ1) is 12.2. The molecule has 0 radical (unpaired) electrons. The summed E-state index contributed by atoms with van der Waals surface area (Å²) in [4.78, 5) is 34.9. The van der Waals surface area contributed by atoms with E-state index in [2.05, 4.69) is 15.3 Å². The van der Waals surface area contributed by atoms with Crippen LogP contribution in [0.5, 0.6) is 0 Å². The number of piperidine rings is 1. The number of nitrogens with zero attached hydrogens (tertiary/aromatic N) is 2. The predicted molar refractivity (Wildman–Crippen MR) is 92.7 cm³/mol. The third kappa shape index (κ3) is 3.35. The van der Waals surface area contributed by atoms with Gasteiger partial charge in [0, 0.05) is 44.0 Å². The molecule has 0 aromatic carbocycles. The zero-order valence-corrected chi connectivity index (χ0v) is 14.5. The van der Waals surface area contributed by atoms with Crippen molar-refractivity contribution in [3.05, 3.63) is 27.9 Å². The van der Waals surface area contributed by atoms with E-state index in [0.717, 1.165) is 51.6 Å². The number of hydrogen-bond donors (Lipinski definition) is 2. The Kier molecular flexibility index (Phi) is 4.85. The highest BCUT2D eigenvalue weighted by molar-refractivity contribution is 5.94. The molecular formula is C18H26N4O3. The van der Waals surface area contributed by atoms with Crippen LogP contribution in [-0.2, 0) is 4.74 Å². The lowest BCUT2D eigenvalue weighted by Crippen LogP contribution is -2.52. The fourth-order valence-electron chi connectivity index (χ4n) is 4.40. The van der Waals surface area contributed by atoms with Crippen molar-refractivity contribution in [2.45, 2.75) is 56.5 Å². The summed E-state index contributed by atoms with van der Waals surface area (Å²) in [6.07, 6.45) is 7.33. The van der Waals surface area contributed by atoms with E-state index in [4.69, 9.17) is 4.74 Å². The number of hydrogen-bond acceptors (Lipinski definition) is 5. The van der Waals surface area contributed by atoms with Gasteiger partial charge in [-0.05, 0) is 45.1 Å². The second kappa shape index (κ2) is 7.25. The van der Waals surface area contributed by atoms with E-state index >= 15 is 0 Å². The van der Waals surface area contributed by atoms with Gasteiger partial charge < -0.3 is 19.9 Å². The lowest BCUT2D eigenvalue weighted by molar-refractivity contribution is 0.0479. The fraction of sp³-hybridized carbons (Fsp3) is 0.722. The topological polar surface area (TPSA) is 87.3 Å². The second-order valence-electron chi connectivity index (χ2n) is 7.34. The van der Waals surface area contributed by atoms with Gasteiger partial charge in [-0.3, -0.25) is 9.59 Å². The van der Waals surface area contributed by atoms with Gasteiger partial charge in [0.1, 0.15) is 11.4 Å². The molecule has 136 valence electrons. The van der Waals surface area contributed by atoms with Crippen molar-refractivity contribution in [1.29, 1.82) is 0 Å². The summed E-state index contributed by atoms with van der Waals surface area (Å²) in [5, 5.41) is 3.41. The third-order valence-corrected chi connectivity index (χ3v) is 5.79. The van der Waals surface area contributed by atoms with E-state index < -0.39 is 0 Å². The van der Waals surface area contributed by atoms with E-state index in [9.17, 15) is 9.59 Å². The molecule has 2 N–H and O–H groups in total. The standard InChI is InChI=1S/C18H26N4O3/c23-17-15(11-20-16(21-17)12-5-8-25-9-6-12)18(24)22-13-2-1-3-14(22)10-19-7-4-13/h11-14,19H,1-10H2,(H,20,21,23). The van der Waals surface area contributed by atoms with E-state index in [0.29, 0.717) is 19.0 Å². The number of aromatic amines is 1. The van der Waals surface area contributed by atoms with Crippen LogP contribution >= 0.6 is 0 Å².